The highest BCUT2D eigenvalue weighted by Crippen LogP contribution is 2.36. The van der Waals surface area contributed by atoms with Crippen LogP contribution in [0.25, 0.3) is 0 Å². The number of anilines is 2. The fourth-order valence-electron chi connectivity index (χ4n) is 4.36. The molecule has 0 spiro atoms. The summed E-state index contributed by atoms with van der Waals surface area (Å²) in [6, 6.07) is 15.6. The number of nitrogens with one attached hydrogen (secondary N) is 1. The predicted molar refractivity (Wildman–Crippen MR) is 116 cm³/mol. The Kier molecular flexibility index (Phi) is 6.33. The number of nitrogens with zero attached hydrogens (tertiary/aromatic N) is 1. The lowest BCUT2D eigenvalue weighted by atomic mass is 9.79. The second-order valence-electron chi connectivity index (χ2n) is 8.11. The van der Waals surface area contributed by atoms with Gasteiger partial charge in [-0.1, -0.05) is 12.1 Å². The van der Waals surface area contributed by atoms with Gasteiger partial charge in [-0.15, -0.1) is 0 Å². The fraction of sp³-hybridized carbons (Fsp3) is 0.417. The Morgan fingerprint density at radius 2 is 1.53 bits per heavy atom. The fourth-order valence-corrected chi connectivity index (χ4v) is 4.36. The number of carbonyl (C=O) groups is 2. The van der Waals surface area contributed by atoms with Crippen molar-refractivity contribution in [1.29, 1.82) is 0 Å². The van der Waals surface area contributed by atoms with E-state index in [1.807, 2.05) is 48.5 Å². The largest absolute Gasteiger partial charge is 0.481 e. The molecular formula is C24H28N2O4. The zero-order valence-corrected chi connectivity index (χ0v) is 17.0. The van der Waals surface area contributed by atoms with E-state index in [0.29, 0.717) is 11.5 Å². The van der Waals surface area contributed by atoms with E-state index in [2.05, 4.69) is 10.2 Å². The van der Waals surface area contributed by atoms with Crippen LogP contribution < -0.4 is 10.2 Å². The lowest BCUT2D eigenvalue weighted by Crippen LogP contribution is -2.36. The number of aliphatic carboxylic acids is 1. The molecule has 2 aliphatic rings. The molecule has 1 saturated heterocycles. The first-order valence-electron chi connectivity index (χ1n) is 10.7. The molecule has 30 heavy (non-hydrogen) atoms. The van der Waals surface area contributed by atoms with Gasteiger partial charge >= 0.3 is 5.97 Å². The topological polar surface area (TPSA) is 78.9 Å². The van der Waals surface area contributed by atoms with E-state index in [9.17, 15) is 9.59 Å². The van der Waals surface area contributed by atoms with Crippen LogP contribution in [0.5, 0.6) is 0 Å². The summed E-state index contributed by atoms with van der Waals surface area (Å²) < 4.78 is 5.38. The standard InChI is InChI=1S/C24H28N2O4/c27-23(19-7-11-22(12-8-19)26-13-15-30-16-14-26)25-21-9-5-18(6-10-21)17-1-3-20(4-2-17)24(28)29/h5-12,17,20H,1-4,13-16H2,(H,25,27)(H,28,29). The summed E-state index contributed by atoms with van der Waals surface area (Å²) in [6.07, 6.45) is 3.27. The third-order valence-electron chi connectivity index (χ3n) is 6.22. The van der Waals surface area contributed by atoms with Gasteiger partial charge in [0.1, 0.15) is 0 Å². The number of hydrogen-bond donors (Lipinski definition) is 2. The van der Waals surface area contributed by atoms with E-state index >= 15 is 0 Å². The molecule has 0 aromatic heterocycles. The van der Waals surface area contributed by atoms with E-state index in [1.165, 1.54) is 5.56 Å². The first-order valence-corrected chi connectivity index (χ1v) is 10.7. The van der Waals surface area contributed by atoms with Crippen molar-refractivity contribution in [2.45, 2.75) is 31.6 Å². The van der Waals surface area contributed by atoms with E-state index in [0.717, 1.165) is 63.4 Å². The number of hydrogen-bond acceptors (Lipinski definition) is 4. The van der Waals surface area contributed by atoms with Gasteiger partial charge in [0.15, 0.2) is 0 Å². The van der Waals surface area contributed by atoms with Crippen molar-refractivity contribution in [2.75, 3.05) is 36.5 Å². The molecule has 2 aromatic rings. The van der Waals surface area contributed by atoms with Gasteiger partial charge in [-0.3, -0.25) is 9.59 Å². The Hall–Kier alpha value is -2.86. The Balaban J connectivity index is 1.33. The summed E-state index contributed by atoms with van der Waals surface area (Å²) in [5.41, 5.74) is 3.71. The molecule has 6 nitrogen and oxygen atoms in total. The van der Waals surface area contributed by atoms with Crippen molar-refractivity contribution in [3.63, 3.8) is 0 Å². The maximum atomic E-state index is 12.6. The summed E-state index contributed by atoms with van der Waals surface area (Å²) in [5.74, 6) is -0.602. The van der Waals surface area contributed by atoms with Gasteiger partial charge in [0, 0.05) is 30.0 Å². The number of carboxylic acids is 1. The molecule has 0 radical (unpaired) electrons. The lowest BCUT2D eigenvalue weighted by Gasteiger charge is -2.28. The molecule has 2 N–H and O–H groups in total. The molecule has 1 aliphatic carbocycles. The molecule has 6 heteroatoms. The Labute approximate surface area is 176 Å². The number of benzene rings is 2. The molecule has 1 heterocycles. The van der Waals surface area contributed by atoms with Crippen LogP contribution >= 0.6 is 0 Å². The molecule has 2 aromatic carbocycles. The monoisotopic (exact) mass is 408 g/mol. The van der Waals surface area contributed by atoms with Crippen molar-refractivity contribution < 1.29 is 19.4 Å². The normalized spacial score (nSPS) is 21.8. The molecule has 1 saturated carbocycles. The summed E-state index contributed by atoms with van der Waals surface area (Å²) in [7, 11) is 0. The first kappa shape index (κ1) is 20.4. The van der Waals surface area contributed by atoms with Crippen LogP contribution in [-0.4, -0.2) is 43.3 Å². The second kappa shape index (κ2) is 9.30. The molecule has 2 fully saturated rings. The number of ether oxygens (including phenoxy) is 1. The van der Waals surface area contributed by atoms with Gasteiger partial charge in [0.2, 0.25) is 0 Å². The SMILES string of the molecule is O=C(Nc1ccc(C2CCC(C(=O)O)CC2)cc1)c1ccc(N2CCOCC2)cc1. The number of carboxylic acid groups (broad SMARTS) is 1. The van der Waals surface area contributed by atoms with Crippen LogP contribution in [0.15, 0.2) is 48.5 Å². The van der Waals surface area contributed by atoms with Gasteiger partial charge in [0.05, 0.1) is 19.1 Å². The zero-order chi connectivity index (χ0) is 20.9. The average molecular weight is 408 g/mol. The third-order valence-corrected chi connectivity index (χ3v) is 6.22. The highest BCUT2D eigenvalue weighted by molar-refractivity contribution is 6.04. The maximum absolute atomic E-state index is 12.6. The molecular weight excluding hydrogens is 380 g/mol. The van der Waals surface area contributed by atoms with Crippen molar-refractivity contribution in [2.24, 2.45) is 5.92 Å². The molecule has 0 atom stereocenters. The summed E-state index contributed by atoms with van der Waals surface area (Å²) in [6.45, 7) is 3.21. The van der Waals surface area contributed by atoms with Crippen LogP contribution in [0.3, 0.4) is 0 Å². The second-order valence-corrected chi connectivity index (χ2v) is 8.11. The number of morpholine rings is 1. The van der Waals surface area contributed by atoms with Crippen molar-refractivity contribution in [1.82, 2.24) is 0 Å². The van der Waals surface area contributed by atoms with Gasteiger partial charge in [-0.25, -0.2) is 0 Å². The number of amides is 1. The van der Waals surface area contributed by atoms with Gasteiger partial charge in [-0.2, -0.15) is 0 Å². The van der Waals surface area contributed by atoms with Crippen LogP contribution in [0.2, 0.25) is 0 Å². The Morgan fingerprint density at radius 3 is 2.13 bits per heavy atom. The smallest absolute Gasteiger partial charge is 0.306 e. The molecule has 4 rings (SSSR count). The van der Waals surface area contributed by atoms with Crippen LogP contribution in [0.1, 0.15) is 47.5 Å². The van der Waals surface area contributed by atoms with E-state index in [4.69, 9.17) is 9.84 Å². The Bertz CT molecular complexity index is 865. The summed E-state index contributed by atoms with van der Waals surface area (Å²) >= 11 is 0. The minimum absolute atomic E-state index is 0.127. The van der Waals surface area contributed by atoms with Gasteiger partial charge in [0.25, 0.3) is 5.91 Å². The molecule has 1 aliphatic heterocycles. The third kappa shape index (κ3) is 4.82. The first-order chi connectivity index (χ1) is 14.6. The highest BCUT2D eigenvalue weighted by Gasteiger charge is 2.26. The predicted octanol–water partition coefficient (Wildman–Crippen LogP) is 4.13. The Morgan fingerprint density at radius 1 is 0.900 bits per heavy atom. The molecule has 158 valence electrons. The minimum Gasteiger partial charge on any atom is -0.481 e. The van der Waals surface area contributed by atoms with E-state index < -0.39 is 5.97 Å². The van der Waals surface area contributed by atoms with Crippen molar-refractivity contribution >= 4 is 23.3 Å². The quantitative estimate of drug-likeness (QED) is 0.778. The van der Waals surface area contributed by atoms with E-state index in [-0.39, 0.29) is 11.8 Å². The lowest BCUT2D eigenvalue weighted by molar-refractivity contribution is -0.142. The minimum atomic E-state index is -0.676. The van der Waals surface area contributed by atoms with Crippen molar-refractivity contribution in [3.05, 3.63) is 59.7 Å². The molecule has 1 amide bonds. The summed E-state index contributed by atoms with van der Waals surface area (Å²) in [4.78, 5) is 26.0. The number of rotatable bonds is 5. The summed E-state index contributed by atoms with van der Waals surface area (Å²) in [5, 5.41) is 12.1. The van der Waals surface area contributed by atoms with Crippen LogP contribution in [0.4, 0.5) is 11.4 Å². The van der Waals surface area contributed by atoms with Gasteiger partial charge < -0.3 is 20.1 Å². The number of carbonyl (C=O) groups excluding carboxylic acids is 1. The van der Waals surface area contributed by atoms with E-state index in [1.54, 1.807) is 0 Å². The van der Waals surface area contributed by atoms with Crippen LogP contribution in [0, 0.1) is 5.92 Å². The molecule has 0 unspecified atom stereocenters. The van der Waals surface area contributed by atoms with Crippen molar-refractivity contribution in [3.8, 4) is 0 Å². The van der Waals surface area contributed by atoms with Gasteiger partial charge in [-0.05, 0) is 73.6 Å². The molecule has 0 bridgehead atoms. The highest BCUT2D eigenvalue weighted by atomic mass is 16.5. The average Bonchev–Trinajstić information content (AvgIpc) is 2.80. The zero-order valence-electron chi connectivity index (χ0n) is 17.0. The maximum Gasteiger partial charge on any atom is 0.306 e. The van der Waals surface area contributed by atoms with Crippen LogP contribution in [-0.2, 0) is 9.53 Å².